The molecule has 3 aliphatic heterocycles. The van der Waals surface area contributed by atoms with E-state index >= 15 is 0 Å². The zero-order valence-corrected chi connectivity index (χ0v) is 25.7. The second kappa shape index (κ2) is 11.8. The molecule has 7 rings (SSSR count). The molecule has 10 heteroatoms. The van der Waals surface area contributed by atoms with E-state index in [2.05, 4.69) is 44.6 Å². The van der Waals surface area contributed by atoms with Gasteiger partial charge in [0.25, 0.3) is 5.91 Å². The quantitative estimate of drug-likeness (QED) is 0.438. The van der Waals surface area contributed by atoms with Crippen LogP contribution in [0.4, 0.5) is 5.82 Å². The number of benzene rings is 1. The number of aromatic nitrogens is 2. The van der Waals surface area contributed by atoms with Crippen LogP contribution in [0.25, 0.3) is 6.08 Å². The van der Waals surface area contributed by atoms with E-state index in [1.54, 1.807) is 12.4 Å². The van der Waals surface area contributed by atoms with Gasteiger partial charge in [0.05, 0.1) is 24.2 Å². The normalized spacial score (nSPS) is 27.8. The Morgan fingerprint density at radius 3 is 2.69 bits per heavy atom. The minimum atomic E-state index is -0.826. The topological polar surface area (TPSA) is 117 Å². The summed E-state index contributed by atoms with van der Waals surface area (Å²) in [5.41, 5.74) is 4.10. The van der Waals surface area contributed by atoms with Crippen LogP contribution in [0.5, 0.6) is 0 Å². The van der Waals surface area contributed by atoms with Gasteiger partial charge in [0.2, 0.25) is 11.8 Å². The van der Waals surface area contributed by atoms with E-state index in [9.17, 15) is 14.4 Å². The Balaban J connectivity index is 1.22. The van der Waals surface area contributed by atoms with Crippen LogP contribution in [0.2, 0.25) is 0 Å². The van der Waals surface area contributed by atoms with E-state index in [-0.39, 0.29) is 29.7 Å². The van der Waals surface area contributed by atoms with E-state index in [0.717, 1.165) is 27.9 Å². The van der Waals surface area contributed by atoms with Crippen LogP contribution < -0.4 is 10.6 Å². The van der Waals surface area contributed by atoms with E-state index < -0.39 is 11.5 Å². The van der Waals surface area contributed by atoms with E-state index in [4.69, 9.17) is 4.74 Å². The number of fused-ring (bicyclic) bond motifs is 4. The van der Waals surface area contributed by atoms with E-state index in [1.807, 2.05) is 54.4 Å². The molecule has 7 bridgehead atoms. The first kappa shape index (κ1) is 29.3. The summed E-state index contributed by atoms with van der Waals surface area (Å²) >= 11 is 0. The molecular formula is C35H38N6O4. The van der Waals surface area contributed by atoms with E-state index in [1.165, 1.54) is 0 Å². The van der Waals surface area contributed by atoms with Gasteiger partial charge in [0.15, 0.2) is 0 Å². The predicted octanol–water partition coefficient (Wildman–Crippen LogP) is 2.94. The Hall–Kier alpha value is -4.41. The average molecular weight is 607 g/mol. The van der Waals surface area contributed by atoms with Crippen molar-refractivity contribution < 1.29 is 19.1 Å². The maximum atomic E-state index is 13.9. The zero-order chi connectivity index (χ0) is 31.1. The summed E-state index contributed by atoms with van der Waals surface area (Å²) in [6, 6.07) is 13.4. The summed E-state index contributed by atoms with van der Waals surface area (Å²) in [6.07, 6.45) is 8.60. The van der Waals surface area contributed by atoms with Crippen LogP contribution in [-0.4, -0.2) is 89.5 Å². The zero-order valence-electron chi connectivity index (χ0n) is 25.7. The standard InChI is InChI=1S/C35H38N6O4/c1-22-27(24-8-4-3-5-9-24)17-29-33(43)41(22)11-10-40(2)12-14-45-13-6-7-23-15-28-31(37-20-23)39-34(44)35(28)18-25-16-26(32(42)38-29)21-36-30(25)19-35/h3-9,15-16,20-22,27,29H,10-14,17-19H2,1-2H3,(H,38,42)(H,37,39,44)/b7-6-/t22?,27?,29?,35-/m0/s1. The lowest BCUT2D eigenvalue weighted by Crippen LogP contribution is -2.59. The summed E-state index contributed by atoms with van der Waals surface area (Å²) in [6.45, 7) is 5.04. The Bertz CT molecular complexity index is 1680. The maximum absolute atomic E-state index is 13.9. The number of hydrogen-bond donors (Lipinski definition) is 2. The van der Waals surface area contributed by atoms with Crippen molar-refractivity contribution in [3.05, 3.63) is 94.4 Å². The number of hydrogen-bond acceptors (Lipinski definition) is 7. The van der Waals surface area contributed by atoms with Crippen LogP contribution in [0.3, 0.4) is 0 Å². The molecule has 0 radical (unpaired) electrons. The van der Waals surface area contributed by atoms with Gasteiger partial charge in [-0.1, -0.05) is 42.5 Å². The fraction of sp³-hybridized carbons (Fsp3) is 0.400. The highest BCUT2D eigenvalue weighted by Crippen LogP contribution is 2.46. The van der Waals surface area contributed by atoms with Crippen molar-refractivity contribution in [3.8, 4) is 0 Å². The molecule has 10 nitrogen and oxygen atoms in total. The van der Waals surface area contributed by atoms with Gasteiger partial charge in [-0.3, -0.25) is 19.4 Å². The first-order valence-electron chi connectivity index (χ1n) is 15.7. The Morgan fingerprint density at radius 2 is 1.84 bits per heavy atom. The first-order valence-corrected chi connectivity index (χ1v) is 15.7. The number of piperidine rings is 1. The van der Waals surface area contributed by atoms with Crippen molar-refractivity contribution in [2.24, 2.45) is 0 Å². The molecule has 3 unspecified atom stereocenters. The molecule has 1 aromatic carbocycles. The Kier molecular flexibility index (Phi) is 7.71. The molecule has 4 atom stereocenters. The largest absolute Gasteiger partial charge is 0.376 e. The molecule has 4 aliphatic rings. The minimum absolute atomic E-state index is 0.0275. The summed E-state index contributed by atoms with van der Waals surface area (Å²) in [7, 11) is 2.03. The smallest absolute Gasteiger partial charge is 0.253 e. The summed E-state index contributed by atoms with van der Waals surface area (Å²) in [4.78, 5) is 54.3. The molecule has 5 heterocycles. The third-order valence-corrected chi connectivity index (χ3v) is 9.92. The number of carbonyl (C=O) groups is 3. The number of carbonyl (C=O) groups excluding carboxylic acids is 3. The van der Waals surface area contributed by atoms with Crippen LogP contribution >= 0.6 is 0 Å². The molecule has 0 saturated carbocycles. The number of anilines is 1. The molecule has 2 aromatic heterocycles. The number of likely N-dealkylation sites (N-methyl/N-ethyl adjacent to an activating group) is 1. The van der Waals surface area contributed by atoms with Crippen molar-refractivity contribution in [2.75, 3.05) is 45.2 Å². The number of nitrogens with one attached hydrogen (secondary N) is 2. The highest BCUT2D eigenvalue weighted by molar-refractivity contribution is 6.06. The lowest BCUT2D eigenvalue weighted by Gasteiger charge is -2.43. The van der Waals surface area contributed by atoms with Gasteiger partial charge in [-0.2, -0.15) is 0 Å². The second-order valence-corrected chi connectivity index (χ2v) is 12.7. The fourth-order valence-electron chi connectivity index (χ4n) is 7.29. The number of nitrogens with zero attached hydrogens (tertiary/aromatic N) is 4. The third kappa shape index (κ3) is 5.42. The minimum Gasteiger partial charge on any atom is -0.376 e. The average Bonchev–Trinajstić information content (AvgIpc) is 3.56. The molecule has 1 fully saturated rings. The predicted molar refractivity (Wildman–Crippen MR) is 170 cm³/mol. The van der Waals surface area contributed by atoms with Gasteiger partial charge in [-0.25, -0.2) is 4.98 Å². The highest BCUT2D eigenvalue weighted by atomic mass is 16.5. The molecule has 232 valence electrons. The van der Waals surface area contributed by atoms with Crippen LogP contribution in [-0.2, 0) is 32.6 Å². The molecule has 1 aliphatic carbocycles. The molecule has 3 amide bonds. The summed E-state index contributed by atoms with van der Waals surface area (Å²) in [5.74, 6) is 0.117. The molecule has 2 N–H and O–H groups in total. The van der Waals surface area contributed by atoms with Crippen LogP contribution in [0.15, 0.2) is 60.9 Å². The van der Waals surface area contributed by atoms with Crippen molar-refractivity contribution in [1.82, 2.24) is 25.1 Å². The molecule has 1 spiro atoms. The van der Waals surface area contributed by atoms with Crippen LogP contribution in [0, 0.1) is 0 Å². The van der Waals surface area contributed by atoms with Gasteiger partial charge >= 0.3 is 0 Å². The van der Waals surface area contributed by atoms with Crippen molar-refractivity contribution >= 4 is 29.6 Å². The SMILES string of the molecule is CC1C(c2ccccc2)CC2NC(=O)c3cnc4c(c3)C[C@@]3(C4)C(=O)Nc4ncc(cc43)/C=C\COCCN(C)CCN1C2=O. The van der Waals surface area contributed by atoms with E-state index in [0.29, 0.717) is 63.5 Å². The van der Waals surface area contributed by atoms with Gasteiger partial charge in [-0.05, 0) is 55.6 Å². The molecule has 1 saturated heterocycles. The fourth-order valence-corrected chi connectivity index (χ4v) is 7.29. The van der Waals surface area contributed by atoms with Crippen molar-refractivity contribution in [1.29, 1.82) is 0 Å². The van der Waals surface area contributed by atoms with Gasteiger partial charge < -0.3 is 25.2 Å². The maximum Gasteiger partial charge on any atom is 0.253 e. The lowest BCUT2D eigenvalue weighted by atomic mass is 9.79. The van der Waals surface area contributed by atoms with Gasteiger partial charge in [0, 0.05) is 61.7 Å². The molecule has 45 heavy (non-hydrogen) atoms. The van der Waals surface area contributed by atoms with Crippen molar-refractivity contribution in [3.63, 3.8) is 0 Å². The summed E-state index contributed by atoms with van der Waals surface area (Å²) < 4.78 is 5.88. The lowest BCUT2D eigenvalue weighted by molar-refractivity contribution is -0.139. The Labute approximate surface area is 262 Å². The van der Waals surface area contributed by atoms with Gasteiger partial charge in [-0.15, -0.1) is 0 Å². The van der Waals surface area contributed by atoms with Gasteiger partial charge in [0.1, 0.15) is 11.9 Å². The molecule has 3 aromatic rings. The van der Waals surface area contributed by atoms with Crippen LogP contribution in [0.1, 0.15) is 57.6 Å². The number of ether oxygens (including phenoxy) is 1. The monoisotopic (exact) mass is 606 g/mol. The van der Waals surface area contributed by atoms with Crippen molar-refractivity contribution in [2.45, 2.75) is 49.6 Å². The first-order chi connectivity index (χ1) is 21.8. The third-order valence-electron chi connectivity index (χ3n) is 9.92. The second-order valence-electron chi connectivity index (χ2n) is 12.7. The molecular weight excluding hydrogens is 568 g/mol. The Morgan fingerprint density at radius 1 is 1.00 bits per heavy atom. The number of pyridine rings is 2. The highest BCUT2D eigenvalue weighted by Gasteiger charge is 2.52. The summed E-state index contributed by atoms with van der Waals surface area (Å²) in [5, 5.41) is 6.02. The number of rotatable bonds is 1. The number of amides is 3.